The number of benzene rings is 1. The number of esters is 1. The monoisotopic (exact) mass is 446 g/mol. The van der Waals surface area contributed by atoms with Gasteiger partial charge in [0.2, 0.25) is 0 Å². The topological polar surface area (TPSA) is 63.6 Å². The van der Waals surface area contributed by atoms with Crippen molar-refractivity contribution in [1.29, 1.82) is 0 Å². The van der Waals surface area contributed by atoms with Gasteiger partial charge in [-0.3, -0.25) is 0 Å². The normalized spacial score (nSPS) is 12.3. The highest BCUT2D eigenvalue weighted by Crippen LogP contribution is 2.20. The number of carboxylic acid groups (broad SMARTS) is 1. The average molecular weight is 447 g/mol. The zero-order chi connectivity index (χ0) is 23.8. The second-order valence-electron chi connectivity index (χ2n) is 10.0. The Morgan fingerprint density at radius 3 is 1.66 bits per heavy atom. The molecule has 182 valence electrons. The minimum absolute atomic E-state index is 0.000666. The van der Waals surface area contributed by atoms with E-state index in [-0.39, 0.29) is 17.2 Å². The lowest BCUT2D eigenvalue weighted by atomic mass is 9.99. The van der Waals surface area contributed by atoms with Gasteiger partial charge in [-0.2, -0.15) is 0 Å². The van der Waals surface area contributed by atoms with E-state index in [0.717, 1.165) is 31.6 Å². The van der Waals surface area contributed by atoms with Gasteiger partial charge in [0.05, 0.1) is 11.1 Å². The molecule has 1 aromatic rings. The number of hydrogen-bond acceptors (Lipinski definition) is 3. The Morgan fingerprint density at radius 2 is 1.19 bits per heavy atom. The molecule has 0 fully saturated rings. The van der Waals surface area contributed by atoms with Crippen molar-refractivity contribution in [3.8, 4) is 0 Å². The fraction of sp³-hybridized carbons (Fsp3) is 0.714. The van der Waals surface area contributed by atoms with E-state index in [0.29, 0.717) is 5.92 Å². The summed E-state index contributed by atoms with van der Waals surface area (Å²) in [6, 6.07) is 6.27. The minimum Gasteiger partial charge on any atom is -0.478 e. The lowest BCUT2D eigenvalue weighted by Gasteiger charge is -2.20. The molecule has 1 atom stereocenters. The minimum atomic E-state index is -1.10. The second-order valence-corrected chi connectivity index (χ2v) is 10.0. The summed E-state index contributed by atoms with van der Waals surface area (Å²) >= 11 is 0. The fourth-order valence-electron chi connectivity index (χ4n) is 4.15. The van der Waals surface area contributed by atoms with E-state index >= 15 is 0 Å². The Morgan fingerprint density at radius 1 is 0.719 bits per heavy atom. The number of ether oxygens (including phenoxy) is 1. The van der Waals surface area contributed by atoms with Crippen LogP contribution < -0.4 is 0 Å². The summed E-state index contributed by atoms with van der Waals surface area (Å²) in [5.41, 5.74) is 0.138. The maximum absolute atomic E-state index is 12.6. The molecule has 0 heterocycles. The van der Waals surface area contributed by atoms with E-state index < -0.39 is 11.9 Å². The molecular formula is C28H46O4. The Balaban J connectivity index is 2.26. The maximum atomic E-state index is 12.6. The van der Waals surface area contributed by atoms with Gasteiger partial charge in [-0.25, -0.2) is 9.59 Å². The molecule has 1 rings (SSSR count). The lowest BCUT2D eigenvalue weighted by molar-refractivity contribution is 0.0220. The zero-order valence-electron chi connectivity index (χ0n) is 20.9. The maximum Gasteiger partial charge on any atom is 0.339 e. The standard InChI is InChI=1S/C28H46O4/c1-22(2)17-13-11-9-7-5-6-8-10-12-14-18-24(21-23(3)4)32-28(31)26-20-16-15-19-25(26)27(29)30/h15-16,19-20,22-24H,5-14,17-18,21H2,1-4H3,(H,29,30). The summed E-state index contributed by atoms with van der Waals surface area (Å²) in [5.74, 6) is -0.377. The van der Waals surface area contributed by atoms with Crippen LogP contribution in [0.1, 0.15) is 132 Å². The molecule has 32 heavy (non-hydrogen) atoms. The molecule has 0 aliphatic carbocycles. The van der Waals surface area contributed by atoms with Crippen molar-refractivity contribution < 1.29 is 19.4 Å². The number of hydrogen-bond donors (Lipinski definition) is 1. The predicted octanol–water partition coefficient (Wildman–Crippen LogP) is 8.29. The molecule has 0 amide bonds. The molecule has 4 heteroatoms. The van der Waals surface area contributed by atoms with Gasteiger partial charge in [0.1, 0.15) is 6.10 Å². The first-order valence-electron chi connectivity index (χ1n) is 12.8. The summed E-state index contributed by atoms with van der Waals surface area (Å²) in [4.78, 5) is 24.0. The van der Waals surface area contributed by atoms with Crippen LogP contribution in [0.5, 0.6) is 0 Å². The van der Waals surface area contributed by atoms with E-state index in [4.69, 9.17) is 4.74 Å². The third-order valence-electron chi connectivity index (χ3n) is 5.94. The van der Waals surface area contributed by atoms with Crippen LogP contribution in [0, 0.1) is 11.8 Å². The van der Waals surface area contributed by atoms with Crippen molar-refractivity contribution in [3.05, 3.63) is 35.4 Å². The lowest BCUT2D eigenvalue weighted by Crippen LogP contribution is -2.22. The molecule has 0 aliphatic heterocycles. The largest absolute Gasteiger partial charge is 0.478 e. The van der Waals surface area contributed by atoms with Gasteiger partial charge >= 0.3 is 11.9 Å². The third kappa shape index (κ3) is 12.9. The molecule has 0 saturated heterocycles. The van der Waals surface area contributed by atoms with Gasteiger partial charge in [0, 0.05) is 0 Å². The van der Waals surface area contributed by atoms with Crippen LogP contribution in [0.2, 0.25) is 0 Å². The Hall–Kier alpha value is -1.84. The molecule has 4 nitrogen and oxygen atoms in total. The molecule has 1 unspecified atom stereocenters. The number of aromatic carboxylic acids is 1. The van der Waals surface area contributed by atoms with Crippen LogP contribution in [-0.4, -0.2) is 23.1 Å². The van der Waals surface area contributed by atoms with Gasteiger partial charge < -0.3 is 9.84 Å². The van der Waals surface area contributed by atoms with Gasteiger partial charge in [-0.1, -0.05) is 104 Å². The van der Waals surface area contributed by atoms with Crippen molar-refractivity contribution in [3.63, 3.8) is 0 Å². The van der Waals surface area contributed by atoms with Crippen LogP contribution in [-0.2, 0) is 4.74 Å². The highest BCUT2D eigenvalue weighted by Gasteiger charge is 2.21. The fourth-order valence-corrected chi connectivity index (χ4v) is 4.15. The van der Waals surface area contributed by atoms with Crippen LogP contribution in [0.25, 0.3) is 0 Å². The predicted molar refractivity (Wildman–Crippen MR) is 132 cm³/mol. The highest BCUT2D eigenvalue weighted by atomic mass is 16.5. The molecule has 0 aliphatic rings. The molecule has 0 spiro atoms. The SMILES string of the molecule is CC(C)CCCCCCCCCCCCC(CC(C)C)OC(=O)c1ccccc1C(=O)O. The summed E-state index contributed by atoms with van der Waals surface area (Å²) in [5, 5.41) is 9.32. The number of rotatable bonds is 18. The first kappa shape index (κ1) is 28.2. The van der Waals surface area contributed by atoms with Crippen molar-refractivity contribution >= 4 is 11.9 Å². The smallest absolute Gasteiger partial charge is 0.339 e. The molecule has 1 N–H and O–H groups in total. The highest BCUT2D eigenvalue weighted by molar-refractivity contribution is 6.02. The second kappa shape index (κ2) is 16.7. The molecule has 0 bridgehead atoms. The molecule has 0 saturated carbocycles. The van der Waals surface area contributed by atoms with Gasteiger partial charge in [-0.05, 0) is 43.2 Å². The van der Waals surface area contributed by atoms with Crippen LogP contribution >= 0.6 is 0 Å². The molecule has 0 aromatic heterocycles. The van der Waals surface area contributed by atoms with Crippen molar-refractivity contribution in [2.75, 3.05) is 0 Å². The number of unbranched alkanes of at least 4 members (excludes halogenated alkanes) is 9. The van der Waals surface area contributed by atoms with E-state index in [9.17, 15) is 14.7 Å². The Labute approximate surface area is 196 Å². The van der Waals surface area contributed by atoms with Gasteiger partial charge in [0.15, 0.2) is 0 Å². The quantitative estimate of drug-likeness (QED) is 0.182. The summed E-state index contributed by atoms with van der Waals surface area (Å²) in [6.45, 7) is 8.84. The molecule has 0 radical (unpaired) electrons. The number of carboxylic acids is 1. The summed E-state index contributed by atoms with van der Waals surface area (Å²) in [7, 11) is 0. The van der Waals surface area contributed by atoms with E-state index in [2.05, 4.69) is 27.7 Å². The Bertz CT molecular complexity index is 651. The van der Waals surface area contributed by atoms with Gasteiger partial charge in [0.25, 0.3) is 0 Å². The van der Waals surface area contributed by atoms with Crippen LogP contribution in [0.4, 0.5) is 0 Å². The van der Waals surface area contributed by atoms with Crippen molar-refractivity contribution in [2.24, 2.45) is 11.8 Å². The summed E-state index contributed by atoms with van der Waals surface area (Å²) < 4.78 is 5.74. The van der Waals surface area contributed by atoms with Crippen molar-refractivity contribution in [2.45, 2.75) is 117 Å². The van der Waals surface area contributed by atoms with E-state index in [1.807, 2.05) is 0 Å². The van der Waals surface area contributed by atoms with Crippen molar-refractivity contribution in [1.82, 2.24) is 0 Å². The van der Waals surface area contributed by atoms with Crippen LogP contribution in [0.15, 0.2) is 24.3 Å². The first-order chi connectivity index (χ1) is 15.3. The molecule has 1 aromatic carbocycles. The summed E-state index contributed by atoms with van der Waals surface area (Å²) in [6.07, 6.45) is 15.7. The van der Waals surface area contributed by atoms with E-state index in [1.54, 1.807) is 12.1 Å². The van der Waals surface area contributed by atoms with E-state index in [1.165, 1.54) is 69.9 Å². The number of carbonyl (C=O) groups is 2. The first-order valence-corrected chi connectivity index (χ1v) is 12.8. The average Bonchev–Trinajstić information content (AvgIpc) is 2.73. The van der Waals surface area contributed by atoms with Gasteiger partial charge in [-0.15, -0.1) is 0 Å². The molecular weight excluding hydrogens is 400 g/mol. The Kier molecular flexibility index (Phi) is 14.8. The zero-order valence-corrected chi connectivity index (χ0v) is 20.9. The van der Waals surface area contributed by atoms with Crippen LogP contribution in [0.3, 0.4) is 0 Å². The third-order valence-corrected chi connectivity index (χ3v) is 5.94. The number of carbonyl (C=O) groups excluding carboxylic acids is 1.